The van der Waals surface area contributed by atoms with Crippen molar-refractivity contribution in [2.24, 2.45) is 0 Å². The van der Waals surface area contributed by atoms with Crippen molar-refractivity contribution in [2.75, 3.05) is 6.54 Å². The summed E-state index contributed by atoms with van der Waals surface area (Å²) in [5.74, 6) is 0.910. The van der Waals surface area contributed by atoms with Gasteiger partial charge in [-0.15, -0.1) is 0 Å². The molecule has 0 amide bonds. The van der Waals surface area contributed by atoms with Gasteiger partial charge < -0.3 is 14.8 Å². The molecule has 0 spiro atoms. The molecular formula is C19H23N3O2. The van der Waals surface area contributed by atoms with E-state index in [1.54, 1.807) is 18.4 Å². The predicted octanol–water partition coefficient (Wildman–Crippen LogP) is 3.41. The van der Waals surface area contributed by atoms with Crippen LogP contribution in [0, 0.1) is 0 Å². The van der Waals surface area contributed by atoms with Crippen LogP contribution in [-0.2, 0) is 6.54 Å². The second-order valence-electron chi connectivity index (χ2n) is 6.14. The first-order valence-electron chi connectivity index (χ1n) is 8.21. The van der Waals surface area contributed by atoms with E-state index >= 15 is 0 Å². The number of benzene rings is 1. The van der Waals surface area contributed by atoms with Crippen LogP contribution in [0.25, 0.3) is 5.69 Å². The maximum atomic E-state index is 10.1. The molecule has 0 aliphatic rings. The molecule has 5 nitrogen and oxygen atoms in total. The Kier molecular flexibility index (Phi) is 5.13. The van der Waals surface area contributed by atoms with Gasteiger partial charge in [0.2, 0.25) is 0 Å². The molecule has 3 aromatic rings. The Labute approximate surface area is 141 Å². The minimum Gasteiger partial charge on any atom is -0.467 e. The highest BCUT2D eigenvalue weighted by Crippen LogP contribution is 2.20. The molecule has 5 heteroatoms. The molecular weight excluding hydrogens is 302 g/mol. The van der Waals surface area contributed by atoms with Crippen molar-refractivity contribution in [3.63, 3.8) is 0 Å². The summed E-state index contributed by atoms with van der Waals surface area (Å²) in [5.41, 5.74) is 3.25. The molecule has 1 aromatic carbocycles. The molecule has 1 atom stereocenters. The predicted molar refractivity (Wildman–Crippen MR) is 93.0 cm³/mol. The van der Waals surface area contributed by atoms with Gasteiger partial charge >= 0.3 is 0 Å². The van der Waals surface area contributed by atoms with Crippen LogP contribution < -0.4 is 5.32 Å². The van der Waals surface area contributed by atoms with Crippen molar-refractivity contribution < 1.29 is 9.52 Å². The fourth-order valence-corrected chi connectivity index (χ4v) is 2.68. The lowest BCUT2D eigenvalue weighted by atomic mass is 10.1. The molecule has 0 saturated carbocycles. The molecule has 3 rings (SSSR count). The molecule has 0 aliphatic carbocycles. The van der Waals surface area contributed by atoms with Gasteiger partial charge in [-0.05, 0) is 30.2 Å². The summed E-state index contributed by atoms with van der Waals surface area (Å²) in [6, 6.07) is 13.6. The van der Waals surface area contributed by atoms with Gasteiger partial charge in [-0.1, -0.05) is 32.0 Å². The zero-order valence-electron chi connectivity index (χ0n) is 14.0. The number of nitrogens with zero attached hydrogens (tertiary/aromatic N) is 2. The first-order chi connectivity index (χ1) is 11.6. The van der Waals surface area contributed by atoms with Gasteiger partial charge in [0.1, 0.15) is 11.9 Å². The Morgan fingerprint density at radius 3 is 2.62 bits per heavy atom. The van der Waals surface area contributed by atoms with Crippen LogP contribution in [0.15, 0.2) is 59.3 Å². The lowest BCUT2D eigenvalue weighted by molar-refractivity contribution is 0.147. The van der Waals surface area contributed by atoms with Crippen LogP contribution in [0.3, 0.4) is 0 Å². The summed E-state index contributed by atoms with van der Waals surface area (Å²) >= 11 is 0. The van der Waals surface area contributed by atoms with Crippen LogP contribution in [0.1, 0.15) is 42.9 Å². The standard InChI is InChI=1S/C19H23N3O2/c1-14(2)19-15(11-20-12-17(23)18-9-6-10-24-18)13-22(21-19)16-7-4-3-5-8-16/h3-10,13-14,17,20,23H,11-12H2,1-2H3. The van der Waals surface area contributed by atoms with E-state index in [0.29, 0.717) is 24.8 Å². The normalized spacial score (nSPS) is 12.7. The van der Waals surface area contributed by atoms with E-state index < -0.39 is 6.10 Å². The van der Waals surface area contributed by atoms with Crippen molar-refractivity contribution in [3.05, 3.63) is 71.9 Å². The minimum absolute atomic E-state index is 0.335. The zero-order valence-corrected chi connectivity index (χ0v) is 14.0. The highest BCUT2D eigenvalue weighted by atomic mass is 16.4. The Hall–Kier alpha value is -2.37. The van der Waals surface area contributed by atoms with Gasteiger partial charge in [-0.25, -0.2) is 4.68 Å². The van der Waals surface area contributed by atoms with Gasteiger partial charge in [0.25, 0.3) is 0 Å². The Morgan fingerprint density at radius 2 is 1.96 bits per heavy atom. The molecule has 2 heterocycles. The van der Waals surface area contributed by atoms with E-state index in [2.05, 4.69) is 25.4 Å². The van der Waals surface area contributed by atoms with E-state index in [1.807, 2.05) is 35.0 Å². The SMILES string of the molecule is CC(C)c1nn(-c2ccccc2)cc1CNCC(O)c1ccco1. The molecule has 2 aromatic heterocycles. The monoisotopic (exact) mass is 325 g/mol. The van der Waals surface area contributed by atoms with Crippen LogP contribution >= 0.6 is 0 Å². The molecule has 0 fully saturated rings. The molecule has 24 heavy (non-hydrogen) atoms. The largest absolute Gasteiger partial charge is 0.467 e. The van der Waals surface area contributed by atoms with Gasteiger partial charge in [-0.3, -0.25) is 0 Å². The maximum absolute atomic E-state index is 10.1. The van der Waals surface area contributed by atoms with Crippen LogP contribution in [0.4, 0.5) is 0 Å². The first kappa shape index (κ1) is 16.5. The van der Waals surface area contributed by atoms with E-state index in [0.717, 1.165) is 16.9 Å². The quantitative estimate of drug-likeness (QED) is 0.699. The third-order valence-electron chi connectivity index (χ3n) is 3.91. The number of rotatable bonds is 7. The number of aliphatic hydroxyl groups is 1. The van der Waals surface area contributed by atoms with Crippen LogP contribution in [0.5, 0.6) is 0 Å². The molecule has 1 unspecified atom stereocenters. The molecule has 2 N–H and O–H groups in total. The van der Waals surface area contributed by atoms with Crippen molar-refractivity contribution >= 4 is 0 Å². The summed E-state index contributed by atoms with van der Waals surface area (Å²) in [6.45, 7) is 5.36. The van der Waals surface area contributed by atoms with Gasteiger partial charge in [0, 0.05) is 24.8 Å². The minimum atomic E-state index is -0.647. The van der Waals surface area contributed by atoms with Gasteiger partial charge in [0.05, 0.1) is 17.6 Å². The summed E-state index contributed by atoms with van der Waals surface area (Å²) in [7, 11) is 0. The molecule has 0 radical (unpaired) electrons. The van der Waals surface area contributed by atoms with Crippen LogP contribution in [-0.4, -0.2) is 21.4 Å². The van der Waals surface area contributed by atoms with Gasteiger partial charge in [0.15, 0.2) is 0 Å². The van der Waals surface area contributed by atoms with E-state index in [-0.39, 0.29) is 0 Å². The lowest BCUT2D eigenvalue weighted by Crippen LogP contribution is -2.21. The summed E-state index contributed by atoms with van der Waals surface area (Å²) in [4.78, 5) is 0. The van der Waals surface area contributed by atoms with Gasteiger partial charge in [-0.2, -0.15) is 5.10 Å². The molecule has 0 bridgehead atoms. The smallest absolute Gasteiger partial charge is 0.133 e. The van der Waals surface area contributed by atoms with E-state index in [1.165, 1.54) is 0 Å². The lowest BCUT2D eigenvalue weighted by Gasteiger charge is -2.10. The number of aliphatic hydroxyl groups excluding tert-OH is 1. The van der Waals surface area contributed by atoms with Crippen molar-refractivity contribution in [1.82, 2.24) is 15.1 Å². The topological polar surface area (TPSA) is 63.2 Å². The van der Waals surface area contributed by atoms with Crippen molar-refractivity contribution in [3.8, 4) is 5.69 Å². The number of hydrogen-bond acceptors (Lipinski definition) is 4. The maximum Gasteiger partial charge on any atom is 0.133 e. The van der Waals surface area contributed by atoms with E-state index in [4.69, 9.17) is 9.52 Å². The first-order valence-corrected chi connectivity index (χ1v) is 8.21. The molecule has 0 saturated heterocycles. The molecule has 126 valence electrons. The fourth-order valence-electron chi connectivity index (χ4n) is 2.68. The fraction of sp³-hybridized carbons (Fsp3) is 0.316. The third-order valence-corrected chi connectivity index (χ3v) is 3.91. The highest BCUT2D eigenvalue weighted by molar-refractivity contribution is 5.33. The Balaban J connectivity index is 1.69. The number of nitrogens with one attached hydrogen (secondary N) is 1. The van der Waals surface area contributed by atoms with E-state index in [9.17, 15) is 5.11 Å². The third kappa shape index (κ3) is 3.75. The Bertz CT molecular complexity index is 748. The number of para-hydroxylation sites is 1. The zero-order chi connectivity index (χ0) is 16.9. The second kappa shape index (κ2) is 7.47. The number of furan rings is 1. The molecule has 0 aliphatic heterocycles. The second-order valence-corrected chi connectivity index (χ2v) is 6.14. The highest BCUT2D eigenvalue weighted by Gasteiger charge is 2.14. The average molecular weight is 325 g/mol. The number of hydrogen-bond donors (Lipinski definition) is 2. The Morgan fingerprint density at radius 1 is 1.17 bits per heavy atom. The van der Waals surface area contributed by atoms with Crippen LogP contribution in [0.2, 0.25) is 0 Å². The summed E-state index contributed by atoms with van der Waals surface area (Å²) in [6.07, 6.45) is 2.97. The summed E-state index contributed by atoms with van der Waals surface area (Å²) < 4.78 is 7.13. The average Bonchev–Trinajstić information content (AvgIpc) is 3.25. The summed E-state index contributed by atoms with van der Waals surface area (Å²) in [5, 5.41) is 18.1. The van der Waals surface area contributed by atoms with Crippen molar-refractivity contribution in [2.45, 2.75) is 32.4 Å². The number of aromatic nitrogens is 2. The van der Waals surface area contributed by atoms with Crippen molar-refractivity contribution in [1.29, 1.82) is 0 Å².